The molecule has 0 radical (unpaired) electrons. The Bertz CT molecular complexity index is 649. The van der Waals surface area contributed by atoms with Crippen LogP contribution in [0.3, 0.4) is 0 Å². The first-order chi connectivity index (χ1) is 9.95. The van der Waals surface area contributed by atoms with E-state index in [1.165, 1.54) is 12.1 Å². The number of amides is 1. The van der Waals surface area contributed by atoms with Gasteiger partial charge in [0.15, 0.2) is 6.10 Å². The molecule has 0 saturated carbocycles. The first kappa shape index (κ1) is 15.8. The van der Waals surface area contributed by atoms with Crippen LogP contribution in [0.4, 0.5) is 10.1 Å². The Labute approximate surface area is 135 Å². The van der Waals surface area contributed by atoms with Crippen LogP contribution in [-0.4, -0.2) is 12.0 Å². The van der Waals surface area contributed by atoms with Gasteiger partial charge >= 0.3 is 0 Å². The third-order valence-corrected chi connectivity index (χ3v) is 3.45. The van der Waals surface area contributed by atoms with Crippen molar-refractivity contribution >= 4 is 39.1 Å². The van der Waals surface area contributed by atoms with Crippen LogP contribution in [0.2, 0.25) is 5.02 Å². The summed E-state index contributed by atoms with van der Waals surface area (Å²) in [6, 6.07) is 11.1. The summed E-state index contributed by atoms with van der Waals surface area (Å²) in [6.45, 7) is 1.59. The molecule has 0 spiro atoms. The zero-order valence-corrected chi connectivity index (χ0v) is 13.4. The van der Waals surface area contributed by atoms with E-state index in [0.717, 1.165) is 10.5 Å². The number of hydrogen-bond donors (Lipinski definition) is 1. The van der Waals surface area contributed by atoms with Crippen molar-refractivity contribution < 1.29 is 13.9 Å². The molecule has 0 aliphatic heterocycles. The Morgan fingerprint density at radius 3 is 2.57 bits per heavy atom. The molecule has 0 unspecified atom stereocenters. The highest BCUT2D eigenvalue weighted by Gasteiger charge is 2.16. The lowest BCUT2D eigenvalue weighted by molar-refractivity contribution is -0.122. The van der Waals surface area contributed by atoms with Gasteiger partial charge in [0.2, 0.25) is 0 Å². The lowest BCUT2D eigenvalue weighted by atomic mass is 10.2. The second-order valence-electron chi connectivity index (χ2n) is 4.33. The summed E-state index contributed by atoms with van der Waals surface area (Å²) in [5, 5.41) is 2.73. The van der Waals surface area contributed by atoms with Crippen LogP contribution in [0.5, 0.6) is 5.75 Å². The Hall–Kier alpha value is -1.59. The summed E-state index contributed by atoms with van der Waals surface area (Å²) in [6.07, 6.45) is -0.763. The maximum Gasteiger partial charge on any atom is 0.265 e. The van der Waals surface area contributed by atoms with E-state index in [4.69, 9.17) is 16.3 Å². The lowest BCUT2D eigenvalue weighted by Gasteiger charge is -2.15. The Balaban J connectivity index is 2.00. The second kappa shape index (κ2) is 6.91. The van der Waals surface area contributed by atoms with Crippen molar-refractivity contribution in [1.29, 1.82) is 0 Å². The van der Waals surface area contributed by atoms with Gasteiger partial charge in [0, 0.05) is 9.50 Å². The maximum atomic E-state index is 13.6. The summed E-state index contributed by atoms with van der Waals surface area (Å²) in [7, 11) is 0. The molecule has 3 nitrogen and oxygen atoms in total. The van der Waals surface area contributed by atoms with Gasteiger partial charge in [-0.2, -0.15) is 0 Å². The van der Waals surface area contributed by atoms with E-state index in [2.05, 4.69) is 21.2 Å². The topological polar surface area (TPSA) is 38.3 Å². The van der Waals surface area contributed by atoms with Gasteiger partial charge in [-0.05, 0) is 49.4 Å². The minimum atomic E-state index is -0.763. The molecule has 0 fully saturated rings. The average Bonchev–Trinajstić information content (AvgIpc) is 2.44. The molecule has 0 aromatic heterocycles. The Morgan fingerprint density at radius 1 is 1.29 bits per heavy atom. The predicted octanol–water partition coefficient (Wildman–Crippen LogP) is 4.65. The summed E-state index contributed by atoms with van der Waals surface area (Å²) >= 11 is 8.97. The third kappa shape index (κ3) is 4.44. The van der Waals surface area contributed by atoms with Crippen molar-refractivity contribution in [1.82, 2.24) is 0 Å². The summed E-state index contributed by atoms with van der Waals surface area (Å²) in [5.41, 5.74) is 0.0654. The molecule has 21 heavy (non-hydrogen) atoms. The maximum absolute atomic E-state index is 13.6. The van der Waals surface area contributed by atoms with E-state index in [0.29, 0.717) is 5.75 Å². The van der Waals surface area contributed by atoms with Crippen molar-refractivity contribution in [2.24, 2.45) is 0 Å². The molecule has 2 rings (SSSR count). The smallest absolute Gasteiger partial charge is 0.265 e. The van der Waals surface area contributed by atoms with Crippen LogP contribution in [-0.2, 0) is 4.79 Å². The first-order valence-corrected chi connectivity index (χ1v) is 7.31. The zero-order chi connectivity index (χ0) is 15.4. The largest absolute Gasteiger partial charge is 0.481 e. The first-order valence-electron chi connectivity index (χ1n) is 6.14. The van der Waals surface area contributed by atoms with Crippen molar-refractivity contribution in [3.8, 4) is 5.75 Å². The standard InChI is InChI=1S/C15H12BrClFNO2/c1-9(21-12-5-2-10(16)3-6-12)15(20)19-14-7-4-11(17)8-13(14)18/h2-9H,1H3,(H,19,20)/t9-/m0/s1. The zero-order valence-electron chi connectivity index (χ0n) is 11.1. The minimum Gasteiger partial charge on any atom is -0.481 e. The van der Waals surface area contributed by atoms with E-state index in [1.807, 2.05) is 0 Å². The number of carbonyl (C=O) groups excluding carboxylic acids is 1. The average molecular weight is 373 g/mol. The molecule has 0 bridgehead atoms. The molecule has 110 valence electrons. The molecule has 2 aromatic rings. The quantitative estimate of drug-likeness (QED) is 0.848. The van der Waals surface area contributed by atoms with Gasteiger partial charge in [-0.3, -0.25) is 4.79 Å². The Morgan fingerprint density at radius 2 is 1.95 bits per heavy atom. The van der Waals surface area contributed by atoms with Crippen molar-refractivity contribution in [3.05, 3.63) is 57.8 Å². The van der Waals surface area contributed by atoms with Gasteiger partial charge in [0.05, 0.1) is 5.69 Å². The highest BCUT2D eigenvalue weighted by molar-refractivity contribution is 9.10. The lowest BCUT2D eigenvalue weighted by Crippen LogP contribution is -2.30. The molecule has 0 heterocycles. The third-order valence-electron chi connectivity index (χ3n) is 2.68. The van der Waals surface area contributed by atoms with E-state index in [1.54, 1.807) is 31.2 Å². The fraction of sp³-hybridized carbons (Fsp3) is 0.133. The Kier molecular flexibility index (Phi) is 5.20. The van der Waals surface area contributed by atoms with E-state index in [-0.39, 0.29) is 10.7 Å². The van der Waals surface area contributed by atoms with Gasteiger partial charge in [-0.25, -0.2) is 4.39 Å². The molecule has 1 N–H and O–H groups in total. The fourth-order valence-electron chi connectivity index (χ4n) is 1.60. The number of carbonyl (C=O) groups is 1. The number of halogens is 3. The number of anilines is 1. The van der Waals surface area contributed by atoms with E-state index in [9.17, 15) is 9.18 Å². The molecule has 0 saturated heterocycles. The summed E-state index contributed by atoms with van der Waals surface area (Å²) in [4.78, 5) is 12.0. The van der Waals surface area contributed by atoms with Crippen LogP contribution in [0.25, 0.3) is 0 Å². The van der Waals surface area contributed by atoms with Gasteiger partial charge in [-0.15, -0.1) is 0 Å². The van der Waals surface area contributed by atoms with Gasteiger partial charge in [-0.1, -0.05) is 27.5 Å². The fourth-order valence-corrected chi connectivity index (χ4v) is 2.02. The number of ether oxygens (including phenoxy) is 1. The number of hydrogen-bond acceptors (Lipinski definition) is 2. The van der Waals surface area contributed by atoms with Gasteiger partial charge < -0.3 is 10.1 Å². The molecule has 6 heteroatoms. The number of nitrogens with one attached hydrogen (secondary N) is 1. The van der Waals surface area contributed by atoms with E-state index >= 15 is 0 Å². The number of benzene rings is 2. The molecular weight excluding hydrogens is 361 g/mol. The van der Waals surface area contributed by atoms with Crippen molar-refractivity contribution in [3.63, 3.8) is 0 Å². The predicted molar refractivity (Wildman–Crippen MR) is 84.3 cm³/mol. The normalized spacial score (nSPS) is 11.8. The highest BCUT2D eigenvalue weighted by Crippen LogP contribution is 2.20. The van der Waals surface area contributed by atoms with Crippen LogP contribution >= 0.6 is 27.5 Å². The molecule has 0 aliphatic carbocycles. The van der Waals surface area contributed by atoms with Crippen LogP contribution in [0.15, 0.2) is 46.9 Å². The summed E-state index contributed by atoms with van der Waals surface area (Å²) in [5.74, 6) is -0.483. The SMILES string of the molecule is C[C@H](Oc1ccc(Br)cc1)C(=O)Nc1ccc(Cl)cc1F. The summed E-state index contributed by atoms with van der Waals surface area (Å²) < 4.78 is 20.0. The van der Waals surface area contributed by atoms with Gasteiger partial charge in [0.1, 0.15) is 11.6 Å². The van der Waals surface area contributed by atoms with Crippen LogP contribution < -0.4 is 10.1 Å². The number of rotatable bonds is 4. The molecular formula is C15H12BrClFNO2. The van der Waals surface area contributed by atoms with Crippen molar-refractivity contribution in [2.75, 3.05) is 5.32 Å². The molecule has 0 aliphatic rings. The second-order valence-corrected chi connectivity index (χ2v) is 5.68. The van der Waals surface area contributed by atoms with Gasteiger partial charge in [0.25, 0.3) is 5.91 Å². The molecule has 1 amide bonds. The van der Waals surface area contributed by atoms with Crippen LogP contribution in [0, 0.1) is 5.82 Å². The van der Waals surface area contributed by atoms with E-state index < -0.39 is 17.8 Å². The highest BCUT2D eigenvalue weighted by atomic mass is 79.9. The minimum absolute atomic E-state index is 0.0654. The van der Waals surface area contributed by atoms with Crippen molar-refractivity contribution in [2.45, 2.75) is 13.0 Å². The monoisotopic (exact) mass is 371 g/mol. The molecule has 2 aromatic carbocycles. The molecule has 1 atom stereocenters. The van der Waals surface area contributed by atoms with Crippen LogP contribution in [0.1, 0.15) is 6.92 Å².